The van der Waals surface area contributed by atoms with Crippen LogP contribution in [-0.2, 0) is 11.0 Å². The smallest absolute Gasteiger partial charge is 0.416 e. The summed E-state index contributed by atoms with van der Waals surface area (Å²) in [6.45, 7) is 3.54. The number of anilines is 3. The topological polar surface area (TPSA) is 102 Å². The summed E-state index contributed by atoms with van der Waals surface area (Å²) in [4.78, 5) is 25.9. The van der Waals surface area contributed by atoms with E-state index < -0.39 is 57.8 Å². The number of halogens is 6. The minimum Gasteiger partial charge on any atom is -0.505 e. The summed E-state index contributed by atoms with van der Waals surface area (Å²) < 4.78 is 70.0. The van der Waals surface area contributed by atoms with Crippen molar-refractivity contribution in [1.82, 2.24) is 0 Å². The SMILES string of the molecule is Cc1ccc(N2C(=O)/C(=N\Nc3cc(Cl)cc(-c4ccc(F)c(C(=O)O)c4)c3O)c3c(F)cc(C(F)(F)F)cc32)cc1C. The third kappa shape index (κ3) is 5.37. The van der Waals surface area contributed by atoms with Crippen molar-refractivity contribution >= 4 is 46.3 Å². The number of aryl methyl sites for hydroxylation is 2. The van der Waals surface area contributed by atoms with Crippen LogP contribution in [0.1, 0.15) is 32.6 Å². The molecule has 0 aliphatic carbocycles. The van der Waals surface area contributed by atoms with Gasteiger partial charge in [0.1, 0.15) is 23.1 Å². The van der Waals surface area contributed by atoms with Crippen LogP contribution in [0.15, 0.2) is 65.8 Å². The number of aromatic hydroxyl groups is 1. The van der Waals surface area contributed by atoms with E-state index in [-0.39, 0.29) is 39.3 Å². The van der Waals surface area contributed by atoms with Crippen LogP contribution in [-0.4, -0.2) is 27.8 Å². The van der Waals surface area contributed by atoms with Crippen LogP contribution in [0.25, 0.3) is 11.1 Å². The minimum absolute atomic E-state index is 0.00704. The first kappa shape index (κ1) is 29.5. The molecule has 43 heavy (non-hydrogen) atoms. The zero-order valence-corrected chi connectivity index (χ0v) is 22.9. The number of hydrazone groups is 1. The molecule has 0 unspecified atom stereocenters. The predicted octanol–water partition coefficient (Wildman–Crippen LogP) is 7.82. The van der Waals surface area contributed by atoms with Crippen LogP contribution in [0.4, 0.5) is 39.0 Å². The molecule has 0 radical (unpaired) electrons. The van der Waals surface area contributed by atoms with Gasteiger partial charge in [0.2, 0.25) is 0 Å². The van der Waals surface area contributed by atoms with Gasteiger partial charge in [-0.3, -0.25) is 15.1 Å². The summed E-state index contributed by atoms with van der Waals surface area (Å²) in [6.07, 6.45) is -4.91. The monoisotopic (exact) mass is 615 g/mol. The van der Waals surface area contributed by atoms with Gasteiger partial charge in [0, 0.05) is 16.3 Å². The first-order valence-corrected chi connectivity index (χ1v) is 12.8. The zero-order valence-electron chi connectivity index (χ0n) is 22.1. The quantitative estimate of drug-likeness (QED) is 0.121. The highest BCUT2D eigenvalue weighted by Crippen LogP contribution is 2.43. The Labute approximate surface area is 245 Å². The number of phenolic OH excluding ortho intramolecular Hbond substituents is 1. The summed E-state index contributed by atoms with van der Waals surface area (Å²) in [5.74, 6) is -5.40. The van der Waals surface area contributed by atoms with Crippen LogP contribution in [0.3, 0.4) is 0 Å². The Bertz CT molecular complexity index is 1870. The Balaban J connectivity index is 1.63. The number of fused-ring (bicyclic) bond motifs is 1. The summed E-state index contributed by atoms with van der Waals surface area (Å²) in [5.41, 5.74) is 0.542. The Morgan fingerprint density at radius 1 is 0.953 bits per heavy atom. The van der Waals surface area contributed by atoms with E-state index in [4.69, 9.17) is 11.6 Å². The average molecular weight is 616 g/mol. The van der Waals surface area contributed by atoms with Gasteiger partial charge in [0.05, 0.1) is 22.4 Å². The molecule has 0 atom stereocenters. The molecule has 4 aromatic rings. The lowest BCUT2D eigenvalue weighted by molar-refractivity contribution is -0.137. The third-order valence-electron chi connectivity index (χ3n) is 6.90. The van der Waals surface area contributed by atoms with E-state index in [1.807, 2.05) is 0 Å². The zero-order chi connectivity index (χ0) is 31.4. The lowest BCUT2D eigenvalue weighted by Crippen LogP contribution is -2.26. The average Bonchev–Trinajstić information content (AvgIpc) is 3.21. The number of benzene rings is 4. The van der Waals surface area contributed by atoms with Gasteiger partial charge < -0.3 is 10.2 Å². The van der Waals surface area contributed by atoms with Crippen LogP contribution >= 0.6 is 11.6 Å². The van der Waals surface area contributed by atoms with E-state index in [0.29, 0.717) is 6.07 Å². The van der Waals surface area contributed by atoms with Crippen LogP contribution < -0.4 is 10.3 Å². The molecule has 4 aromatic carbocycles. The van der Waals surface area contributed by atoms with E-state index in [9.17, 15) is 37.4 Å². The van der Waals surface area contributed by atoms with Crippen molar-refractivity contribution in [2.75, 3.05) is 10.3 Å². The number of carboxylic acid groups (broad SMARTS) is 1. The fraction of sp³-hybridized carbons (Fsp3) is 0.100. The molecule has 0 bridgehead atoms. The molecular formula is C30H19ClF5N3O4. The Hall–Kier alpha value is -4.97. The molecule has 220 valence electrons. The number of hydrogen-bond donors (Lipinski definition) is 3. The van der Waals surface area contributed by atoms with Crippen molar-refractivity contribution in [3.05, 3.63) is 105 Å². The second-order valence-electron chi connectivity index (χ2n) is 9.68. The minimum atomic E-state index is -4.91. The molecule has 5 rings (SSSR count). The van der Waals surface area contributed by atoms with E-state index in [1.165, 1.54) is 24.3 Å². The Kier molecular flexibility index (Phi) is 7.34. The van der Waals surface area contributed by atoms with Gasteiger partial charge in [0.25, 0.3) is 5.91 Å². The van der Waals surface area contributed by atoms with E-state index in [0.717, 1.165) is 28.2 Å². The predicted molar refractivity (Wildman–Crippen MR) is 150 cm³/mol. The maximum Gasteiger partial charge on any atom is 0.416 e. The largest absolute Gasteiger partial charge is 0.505 e. The number of nitrogens with zero attached hydrogens (tertiary/aromatic N) is 2. The number of nitrogens with one attached hydrogen (secondary N) is 1. The van der Waals surface area contributed by atoms with Crippen molar-refractivity contribution < 1.29 is 41.8 Å². The molecule has 1 aliphatic rings. The highest BCUT2D eigenvalue weighted by atomic mass is 35.5. The standard InChI is InChI=1S/C30H19ClF5N3O4/c1-13-3-5-18(7-14(13)2)39-24-10-16(30(34,35)36)9-22(33)25(24)26(28(39)41)38-37-23-12-17(31)11-19(27(23)40)15-4-6-21(32)20(8-15)29(42)43/h3-12,37,40H,1-2H3,(H,42,43)/b38-26-. The number of alkyl halides is 3. The molecule has 0 saturated carbocycles. The van der Waals surface area contributed by atoms with Gasteiger partial charge in [-0.25, -0.2) is 13.6 Å². The van der Waals surface area contributed by atoms with E-state index >= 15 is 4.39 Å². The first-order valence-electron chi connectivity index (χ1n) is 12.4. The second-order valence-corrected chi connectivity index (χ2v) is 10.1. The van der Waals surface area contributed by atoms with Crippen molar-refractivity contribution in [2.45, 2.75) is 20.0 Å². The molecule has 0 aromatic heterocycles. The number of aromatic carboxylic acids is 1. The summed E-state index contributed by atoms with van der Waals surface area (Å²) in [7, 11) is 0. The van der Waals surface area contributed by atoms with Gasteiger partial charge in [-0.2, -0.15) is 18.3 Å². The lowest BCUT2D eigenvalue weighted by Gasteiger charge is -2.19. The fourth-order valence-electron chi connectivity index (χ4n) is 4.59. The Morgan fingerprint density at radius 2 is 1.67 bits per heavy atom. The maximum absolute atomic E-state index is 15.3. The van der Waals surface area contributed by atoms with E-state index in [2.05, 4.69) is 10.5 Å². The van der Waals surface area contributed by atoms with Gasteiger partial charge in [-0.05, 0) is 79.1 Å². The number of carbonyl (C=O) groups excluding carboxylic acids is 1. The summed E-state index contributed by atoms with van der Waals surface area (Å²) in [5, 5.41) is 24.2. The first-order chi connectivity index (χ1) is 20.2. The van der Waals surface area contributed by atoms with Crippen LogP contribution in [0.2, 0.25) is 5.02 Å². The number of phenols is 1. The molecule has 1 heterocycles. The Morgan fingerprint density at radius 3 is 2.33 bits per heavy atom. The molecule has 1 aliphatic heterocycles. The van der Waals surface area contributed by atoms with Gasteiger partial charge >= 0.3 is 12.1 Å². The lowest BCUT2D eigenvalue weighted by atomic mass is 10.0. The van der Waals surface area contributed by atoms with Crippen molar-refractivity contribution in [1.29, 1.82) is 0 Å². The molecule has 0 saturated heterocycles. The van der Waals surface area contributed by atoms with Crippen molar-refractivity contribution in [3.63, 3.8) is 0 Å². The number of amides is 1. The number of hydrogen-bond acceptors (Lipinski definition) is 5. The van der Waals surface area contributed by atoms with Gasteiger partial charge in [-0.15, -0.1) is 0 Å². The second kappa shape index (κ2) is 10.7. The normalized spacial score (nSPS) is 13.9. The summed E-state index contributed by atoms with van der Waals surface area (Å²) in [6, 6.07) is 11.2. The highest BCUT2D eigenvalue weighted by molar-refractivity contribution is 6.56. The molecule has 13 heteroatoms. The summed E-state index contributed by atoms with van der Waals surface area (Å²) >= 11 is 6.20. The molecule has 0 fully saturated rings. The molecule has 3 N–H and O–H groups in total. The third-order valence-corrected chi connectivity index (χ3v) is 7.12. The molecule has 1 amide bonds. The number of carbonyl (C=O) groups is 2. The number of carboxylic acids is 1. The van der Waals surface area contributed by atoms with Gasteiger partial charge in [0.15, 0.2) is 5.71 Å². The molecular weight excluding hydrogens is 597 g/mol. The fourth-order valence-corrected chi connectivity index (χ4v) is 4.81. The molecule has 0 spiro atoms. The maximum atomic E-state index is 15.3. The van der Waals surface area contributed by atoms with Crippen molar-refractivity contribution in [2.24, 2.45) is 5.10 Å². The van der Waals surface area contributed by atoms with Crippen molar-refractivity contribution in [3.8, 4) is 16.9 Å². The van der Waals surface area contributed by atoms with Crippen LogP contribution in [0, 0.1) is 25.5 Å². The van der Waals surface area contributed by atoms with Gasteiger partial charge in [-0.1, -0.05) is 23.7 Å². The highest BCUT2D eigenvalue weighted by Gasteiger charge is 2.41. The van der Waals surface area contributed by atoms with Crippen LogP contribution in [0.5, 0.6) is 5.75 Å². The number of rotatable bonds is 5. The van der Waals surface area contributed by atoms with E-state index in [1.54, 1.807) is 26.0 Å². The molecule has 7 nitrogen and oxygen atoms in total.